The second kappa shape index (κ2) is 6.09. The molecule has 1 aromatic heterocycles. The molecular formula is C15H17N3O. The van der Waals surface area contributed by atoms with E-state index in [2.05, 4.69) is 15.3 Å². The summed E-state index contributed by atoms with van der Waals surface area (Å²) in [6, 6.07) is 10.1. The summed E-state index contributed by atoms with van der Waals surface area (Å²) in [5.41, 5.74) is 3.21. The minimum absolute atomic E-state index is 0.105. The molecular weight excluding hydrogens is 238 g/mol. The van der Waals surface area contributed by atoms with Crippen LogP contribution in [0.3, 0.4) is 0 Å². The van der Waals surface area contributed by atoms with Gasteiger partial charge in [-0.05, 0) is 25.8 Å². The van der Waals surface area contributed by atoms with Crippen molar-refractivity contribution in [3.63, 3.8) is 0 Å². The molecule has 0 aliphatic carbocycles. The third-order valence-corrected chi connectivity index (χ3v) is 3.00. The van der Waals surface area contributed by atoms with Crippen LogP contribution in [0.4, 0.5) is 0 Å². The van der Waals surface area contributed by atoms with Gasteiger partial charge in [0.25, 0.3) is 5.91 Å². The Morgan fingerprint density at radius 1 is 1.11 bits per heavy atom. The molecule has 0 aliphatic rings. The van der Waals surface area contributed by atoms with Crippen LogP contribution in [-0.4, -0.2) is 22.4 Å². The lowest BCUT2D eigenvalue weighted by molar-refractivity contribution is 0.0952. The molecule has 0 spiro atoms. The van der Waals surface area contributed by atoms with Crippen LogP contribution in [-0.2, 0) is 6.42 Å². The average Bonchev–Trinajstić information content (AvgIpc) is 2.40. The predicted molar refractivity (Wildman–Crippen MR) is 74.0 cm³/mol. The fraction of sp³-hybridized carbons (Fsp3) is 0.267. The first-order chi connectivity index (χ1) is 9.18. The van der Waals surface area contributed by atoms with E-state index in [0.29, 0.717) is 23.5 Å². The zero-order valence-corrected chi connectivity index (χ0v) is 11.2. The van der Waals surface area contributed by atoms with Crippen molar-refractivity contribution in [1.82, 2.24) is 15.3 Å². The number of carbonyl (C=O) groups is 1. The maximum atomic E-state index is 12.1. The lowest BCUT2D eigenvalue weighted by atomic mass is 10.1. The van der Waals surface area contributed by atoms with Crippen LogP contribution >= 0.6 is 0 Å². The maximum absolute atomic E-state index is 12.1. The summed E-state index contributed by atoms with van der Waals surface area (Å²) >= 11 is 0. The van der Waals surface area contributed by atoms with E-state index in [1.165, 1.54) is 11.9 Å². The monoisotopic (exact) mass is 255 g/mol. The summed E-state index contributed by atoms with van der Waals surface area (Å²) in [5.74, 6) is -0.105. The van der Waals surface area contributed by atoms with Gasteiger partial charge in [-0.2, -0.15) is 0 Å². The highest BCUT2D eigenvalue weighted by Crippen LogP contribution is 2.07. The van der Waals surface area contributed by atoms with Crippen LogP contribution in [0.15, 0.2) is 36.7 Å². The topological polar surface area (TPSA) is 54.9 Å². The highest BCUT2D eigenvalue weighted by molar-refractivity contribution is 5.96. The van der Waals surface area contributed by atoms with Gasteiger partial charge in [-0.1, -0.05) is 30.3 Å². The Hall–Kier alpha value is -2.23. The number of aromatic nitrogens is 2. The van der Waals surface area contributed by atoms with Crippen molar-refractivity contribution in [3.05, 3.63) is 59.2 Å². The van der Waals surface area contributed by atoms with Gasteiger partial charge < -0.3 is 5.32 Å². The van der Waals surface area contributed by atoms with Crippen LogP contribution in [0.25, 0.3) is 0 Å². The van der Waals surface area contributed by atoms with Crippen LogP contribution in [0.1, 0.15) is 27.3 Å². The van der Waals surface area contributed by atoms with Gasteiger partial charge >= 0.3 is 0 Å². The summed E-state index contributed by atoms with van der Waals surface area (Å²) in [4.78, 5) is 20.2. The van der Waals surface area contributed by atoms with Crippen molar-refractivity contribution in [2.45, 2.75) is 20.3 Å². The molecule has 0 saturated carbocycles. The van der Waals surface area contributed by atoms with Crippen molar-refractivity contribution in [2.75, 3.05) is 6.54 Å². The average molecular weight is 255 g/mol. The molecule has 0 fully saturated rings. The molecule has 0 bridgehead atoms. The maximum Gasteiger partial charge on any atom is 0.254 e. The molecule has 0 unspecified atom stereocenters. The largest absolute Gasteiger partial charge is 0.352 e. The fourth-order valence-corrected chi connectivity index (χ4v) is 1.98. The van der Waals surface area contributed by atoms with Crippen molar-refractivity contribution in [3.8, 4) is 0 Å². The van der Waals surface area contributed by atoms with Gasteiger partial charge in [-0.25, -0.2) is 9.97 Å². The predicted octanol–water partition coefficient (Wildman–Crippen LogP) is 2.07. The van der Waals surface area contributed by atoms with E-state index >= 15 is 0 Å². The molecule has 1 heterocycles. The molecule has 1 aromatic carbocycles. The van der Waals surface area contributed by atoms with E-state index < -0.39 is 0 Å². The molecule has 0 saturated heterocycles. The van der Waals surface area contributed by atoms with Gasteiger partial charge in [0.2, 0.25) is 0 Å². The summed E-state index contributed by atoms with van der Waals surface area (Å²) < 4.78 is 0. The second-order valence-electron chi connectivity index (χ2n) is 4.41. The van der Waals surface area contributed by atoms with Crippen molar-refractivity contribution in [2.24, 2.45) is 0 Å². The standard InChI is InChI=1S/C15H17N3O/c1-11-14(12(2)18-10-17-11)15(19)16-9-8-13-6-4-3-5-7-13/h3-7,10H,8-9H2,1-2H3,(H,16,19). The van der Waals surface area contributed by atoms with E-state index in [4.69, 9.17) is 0 Å². The van der Waals surface area contributed by atoms with Crippen LogP contribution < -0.4 is 5.32 Å². The first kappa shape index (κ1) is 13.2. The first-order valence-corrected chi connectivity index (χ1v) is 6.29. The van der Waals surface area contributed by atoms with Gasteiger partial charge in [-0.3, -0.25) is 4.79 Å². The second-order valence-corrected chi connectivity index (χ2v) is 4.41. The Morgan fingerprint density at radius 3 is 2.37 bits per heavy atom. The van der Waals surface area contributed by atoms with Crippen LogP contribution in [0, 0.1) is 13.8 Å². The summed E-state index contributed by atoms with van der Waals surface area (Å²) in [7, 11) is 0. The molecule has 0 atom stereocenters. The molecule has 0 radical (unpaired) electrons. The lowest BCUT2D eigenvalue weighted by Gasteiger charge is -2.09. The zero-order valence-electron chi connectivity index (χ0n) is 11.2. The quantitative estimate of drug-likeness (QED) is 0.910. The molecule has 19 heavy (non-hydrogen) atoms. The SMILES string of the molecule is Cc1ncnc(C)c1C(=O)NCCc1ccccc1. The Morgan fingerprint density at radius 2 is 1.74 bits per heavy atom. The van der Waals surface area contributed by atoms with Gasteiger partial charge in [0.05, 0.1) is 17.0 Å². The molecule has 4 nitrogen and oxygen atoms in total. The Balaban J connectivity index is 1.95. The van der Waals surface area contributed by atoms with Crippen molar-refractivity contribution in [1.29, 1.82) is 0 Å². The number of benzene rings is 1. The van der Waals surface area contributed by atoms with E-state index in [9.17, 15) is 4.79 Å². The van der Waals surface area contributed by atoms with Crippen molar-refractivity contribution < 1.29 is 4.79 Å². The lowest BCUT2D eigenvalue weighted by Crippen LogP contribution is -2.27. The molecule has 2 rings (SSSR count). The van der Waals surface area contributed by atoms with Gasteiger partial charge in [-0.15, -0.1) is 0 Å². The normalized spacial score (nSPS) is 10.2. The molecule has 0 aliphatic heterocycles. The summed E-state index contributed by atoms with van der Waals surface area (Å²) in [6.07, 6.45) is 2.30. The Kier molecular flexibility index (Phi) is 4.23. The van der Waals surface area contributed by atoms with Crippen molar-refractivity contribution >= 4 is 5.91 Å². The Bertz CT molecular complexity index is 547. The Labute approximate surface area is 112 Å². The smallest absolute Gasteiger partial charge is 0.254 e. The van der Waals surface area contributed by atoms with E-state index in [1.54, 1.807) is 0 Å². The highest BCUT2D eigenvalue weighted by atomic mass is 16.1. The fourth-order valence-electron chi connectivity index (χ4n) is 1.98. The number of rotatable bonds is 4. The highest BCUT2D eigenvalue weighted by Gasteiger charge is 2.13. The first-order valence-electron chi connectivity index (χ1n) is 6.29. The van der Waals surface area contributed by atoms with E-state index in [0.717, 1.165) is 6.42 Å². The van der Waals surface area contributed by atoms with Gasteiger partial charge in [0, 0.05) is 6.54 Å². The van der Waals surface area contributed by atoms with Crippen LogP contribution in [0.5, 0.6) is 0 Å². The minimum atomic E-state index is -0.105. The zero-order chi connectivity index (χ0) is 13.7. The third-order valence-electron chi connectivity index (χ3n) is 3.00. The van der Waals surface area contributed by atoms with Gasteiger partial charge in [0.1, 0.15) is 6.33 Å². The molecule has 98 valence electrons. The van der Waals surface area contributed by atoms with Gasteiger partial charge in [0.15, 0.2) is 0 Å². The number of amides is 1. The molecule has 1 N–H and O–H groups in total. The number of hydrogen-bond donors (Lipinski definition) is 1. The number of carbonyl (C=O) groups excluding carboxylic acids is 1. The number of aryl methyl sites for hydroxylation is 2. The van der Waals surface area contributed by atoms with E-state index in [-0.39, 0.29) is 5.91 Å². The summed E-state index contributed by atoms with van der Waals surface area (Å²) in [6.45, 7) is 4.25. The van der Waals surface area contributed by atoms with Crippen LogP contribution in [0.2, 0.25) is 0 Å². The molecule has 1 amide bonds. The van der Waals surface area contributed by atoms with E-state index in [1.807, 2.05) is 44.2 Å². The minimum Gasteiger partial charge on any atom is -0.352 e. The molecule has 4 heteroatoms. The molecule has 2 aromatic rings. The number of nitrogens with one attached hydrogen (secondary N) is 1. The summed E-state index contributed by atoms with van der Waals surface area (Å²) in [5, 5.41) is 2.91. The number of nitrogens with zero attached hydrogens (tertiary/aromatic N) is 2. The third kappa shape index (κ3) is 3.37. The number of hydrogen-bond acceptors (Lipinski definition) is 3.